The molecule has 0 radical (unpaired) electrons. The topological polar surface area (TPSA) is 26.0 Å². The van der Waals surface area contributed by atoms with E-state index in [1.807, 2.05) is 0 Å². The van der Waals surface area contributed by atoms with Gasteiger partial charge in [-0.1, -0.05) is 12.1 Å². The summed E-state index contributed by atoms with van der Waals surface area (Å²) in [6.45, 7) is 0. The molecule has 2 N–H and O–H groups in total. The number of alkyl halides is 2. The highest BCUT2D eigenvalue weighted by molar-refractivity contribution is 5.25. The van der Waals surface area contributed by atoms with Gasteiger partial charge < -0.3 is 5.73 Å². The molecule has 1 aromatic rings. The maximum atomic E-state index is 13.0. The minimum absolute atomic E-state index is 0.198. The summed E-state index contributed by atoms with van der Waals surface area (Å²) < 4.78 is 39.1. The van der Waals surface area contributed by atoms with E-state index in [0.717, 1.165) is 0 Å². The van der Waals surface area contributed by atoms with E-state index in [4.69, 9.17) is 5.73 Å². The number of hydrogen-bond donors (Lipinski definition) is 1. The summed E-state index contributed by atoms with van der Waals surface area (Å²) in [5, 5.41) is 0. The summed E-state index contributed by atoms with van der Waals surface area (Å²) in [5.74, 6) is -2.99. The van der Waals surface area contributed by atoms with Crippen molar-refractivity contribution in [1.29, 1.82) is 0 Å². The van der Waals surface area contributed by atoms with Crippen molar-refractivity contribution in [3.63, 3.8) is 0 Å². The Labute approximate surface area is 92.5 Å². The number of benzene rings is 1. The molecule has 1 nitrogen and oxygen atoms in total. The Bertz CT molecular complexity index is 380. The van der Waals surface area contributed by atoms with Gasteiger partial charge in [-0.05, 0) is 30.5 Å². The van der Waals surface area contributed by atoms with Gasteiger partial charge >= 0.3 is 0 Å². The zero-order chi connectivity index (χ0) is 11.8. The molecule has 1 fully saturated rings. The van der Waals surface area contributed by atoms with E-state index in [9.17, 15) is 13.2 Å². The lowest BCUT2D eigenvalue weighted by Crippen LogP contribution is -2.43. The van der Waals surface area contributed by atoms with E-state index in [0.29, 0.717) is 5.56 Å². The second kappa shape index (κ2) is 3.77. The standard InChI is InChI=1S/C12H14F3N/c13-10-3-1-2-9(8-10)11(16)4-6-12(14,15)7-5-11/h1-3,8H,4-7,16H2. The predicted molar refractivity (Wildman–Crippen MR) is 55.7 cm³/mol. The molecule has 0 aromatic heterocycles. The van der Waals surface area contributed by atoms with Crippen molar-refractivity contribution in [3.8, 4) is 0 Å². The monoisotopic (exact) mass is 229 g/mol. The molecule has 0 amide bonds. The summed E-state index contributed by atoms with van der Waals surface area (Å²) >= 11 is 0. The number of hydrogen-bond acceptors (Lipinski definition) is 1. The molecular weight excluding hydrogens is 215 g/mol. The van der Waals surface area contributed by atoms with E-state index in [2.05, 4.69) is 0 Å². The van der Waals surface area contributed by atoms with Gasteiger partial charge in [0.25, 0.3) is 0 Å². The van der Waals surface area contributed by atoms with Crippen LogP contribution >= 0.6 is 0 Å². The van der Waals surface area contributed by atoms with Crippen molar-refractivity contribution in [3.05, 3.63) is 35.6 Å². The van der Waals surface area contributed by atoms with Crippen molar-refractivity contribution in [2.75, 3.05) is 0 Å². The minimum Gasteiger partial charge on any atom is -0.321 e. The van der Waals surface area contributed by atoms with Crippen LogP contribution < -0.4 is 5.73 Å². The van der Waals surface area contributed by atoms with Crippen LogP contribution in [0.5, 0.6) is 0 Å². The van der Waals surface area contributed by atoms with Gasteiger partial charge in [0.2, 0.25) is 5.92 Å². The van der Waals surface area contributed by atoms with Crippen LogP contribution in [0.15, 0.2) is 24.3 Å². The van der Waals surface area contributed by atoms with Crippen LogP contribution in [-0.2, 0) is 5.54 Å². The van der Waals surface area contributed by atoms with Crippen LogP contribution in [0.2, 0.25) is 0 Å². The van der Waals surface area contributed by atoms with Crippen LogP contribution in [0.4, 0.5) is 13.2 Å². The van der Waals surface area contributed by atoms with E-state index < -0.39 is 11.5 Å². The van der Waals surface area contributed by atoms with Gasteiger partial charge in [-0.15, -0.1) is 0 Å². The lowest BCUT2D eigenvalue weighted by Gasteiger charge is -2.37. The third-order valence-electron chi connectivity index (χ3n) is 3.27. The van der Waals surface area contributed by atoms with Gasteiger partial charge in [0.15, 0.2) is 0 Å². The first-order chi connectivity index (χ1) is 7.41. The largest absolute Gasteiger partial charge is 0.321 e. The van der Waals surface area contributed by atoms with E-state index in [1.165, 1.54) is 12.1 Å². The number of rotatable bonds is 1. The van der Waals surface area contributed by atoms with Crippen molar-refractivity contribution in [1.82, 2.24) is 0 Å². The molecule has 1 aromatic carbocycles. The molecule has 16 heavy (non-hydrogen) atoms. The van der Waals surface area contributed by atoms with E-state index in [1.54, 1.807) is 12.1 Å². The summed E-state index contributed by atoms with van der Waals surface area (Å²) in [6, 6.07) is 5.92. The highest BCUT2D eigenvalue weighted by Crippen LogP contribution is 2.42. The van der Waals surface area contributed by atoms with Crippen molar-refractivity contribution in [2.24, 2.45) is 5.73 Å². The second-order valence-corrected chi connectivity index (χ2v) is 4.52. The fourth-order valence-electron chi connectivity index (χ4n) is 2.15. The van der Waals surface area contributed by atoms with Crippen LogP contribution in [0, 0.1) is 5.82 Å². The Kier molecular flexibility index (Phi) is 2.70. The Morgan fingerprint density at radius 2 is 1.69 bits per heavy atom. The molecule has 0 saturated heterocycles. The average Bonchev–Trinajstić information content (AvgIpc) is 2.23. The molecule has 0 bridgehead atoms. The van der Waals surface area contributed by atoms with Gasteiger partial charge in [0, 0.05) is 18.4 Å². The fourth-order valence-corrected chi connectivity index (χ4v) is 2.15. The third-order valence-corrected chi connectivity index (χ3v) is 3.27. The maximum absolute atomic E-state index is 13.0. The third kappa shape index (κ3) is 2.21. The molecule has 1 aliphatic carbocycles. The van der Waals surface area contributed by atoms with E-state index >= 15 is 0 Å². The summed E-state index contributed by atoms with van der Waals surface area (Å²) in [5.41, 5.74) is 5.88. The first-order valence-electron chi connectivity index (χ1n) is 5.34. The molecule has 0 spiro atoms. The zero-order valence-electron chi connectivity index (χ0n) is 8.85. The Morgan fingerprint density at radius 1 is 1.06 bits per heavy atom. The smallest absolute Gasteiger partial charge is 0.248 e. The minimum atomic E-state index is -2.61. The zero-order valence-corrected chi connectivity index (χ0v) is 8.85. The molecule has 2 rings (SSSR count). The first kappa shape index (κ1) is 11.5. The normalized spacial score (nSPS) is 23.0. The number of halogens is 3. The number of nitrogens with two attached hydrogens (primary N) is 1. The van der Waals surface area contributed by atoms with E-state index in [-0.39, 0.29) is 31.5 Å². The lowest BCUT2D eigenvalue weighted by atomic mass is 9.76. The predicted octanol–water partition coefficient (Wildman–Crippen LogP) is 3.19. The summed E-state index contributed by atoms with van der Waals surface area (Å²) in [7, 11) is 0. The summed E-state index contributed by atoms with van der Waals surface area (Å²) in [4.78, 5) is 0. The Balaban J connectivity index is 2.21. The van der Waals surface area contributed by atoms with Crippen molar-refractivity contribution in [2.45, 2.75) is 37.1 Å². The highest BCUT2D eigenvalue weighted by Gasteiger charge is 2.42. The lowest BCUT2D eigenvalue weighted by molar-refractivity contribution is -0.0514. The highest BCUT2D eigenvalue weighted by atomic mass is 19.3. The van der Waals surface area contributed by atoms with Gasteiger partial charge in [-0.3, -0.25) is 0 Å². The first-order valence-corrected chi connectivity index (χ1v) is 5.34. The average molecular weight is 229 g/mol. The molecule has 0 heterocycles. The molecule has 0 unspecified atom stereocenters. The maximum Gasteiger partial charge on any atom is 0.248 e. The molecule has 0 atom stereocenters. The van der Waals surface area contributed by atoms with Crippen LogP contribution in [-0.4, -0.2) is 5.92 Å². The second-order valence-electron chi connectivity index (χ2n) is 4.52. The SMILES string of the molecule is NC1(c2cccc(F)c2)CCC(F)(F)CC1. The van der Waals surface area contributed by atoms with Gasteiger partial charge in [0.1, 0.15) is 5.82 Å². The molecule has 1 aliphatic rings. The molecular formula is C12H14F3N. The van der Waals surface area contributed by atoms with Gasteiger partial charge in [-0.2, -0.15) is 0 Å². The van der Waals surface area contributed by atoms with Crippen LogP contribution in [0.1, 0.15) is 31.2 Å². The quantitative estimate of drug-likeness (QED) is 0.786. The van der Waals surface area contributed by atoms with Gasteiger partial charge in [0.05, 0.1) is 0 Å². The molecule has 1 saturated carbocycles. The fraction of sp³-hybridized carbons (Fsp3) is 0.500. The summed E-state index contributed by atoms with van der Waals surface area (Å²) in [6.07, 6.45) is -0.0487. The Morgan fingerprint density at radius 3 is 2.25 bits per heavy atom. The van der Waals surface area contributed by atoms with Crippen molar-refractivity contribution >= 4 is 0 Å². The molecule has 0 aliphatic heterocycles. The van der Waals surface area contributed by atoms with Gasteiger partial charge in [-0.25, -0.2) is 13.2 Å². The molecule has 4 heteroatoms. The Hall–Kier alpha value is -1.03. The van der Waals surface area contributed by atoms with Crippen molar-refractivity contribution < 1.29 is 13.2 Å². The molecule has 88 valence electrons. The van der Waals surface area contributed by atoms with Crippen LogP contribution in [0.3, 0.4) is 0 Å². The van der Waals surface area contributed by atoms with Crippen LogP contribution in [0.25, 0.3) is 0 Å².